The van der Waals surface area contributed by atoms with E-state index >= 15 is 0 Å². The van der Waals surface area contributed by atoms with Crippen molar-refractivity contribution < 1.29 is 13.2 Å². The molecule has 134 valence electrons. The number of aryl methyl sites for hydroxylation is 2. The predicted molar refractivity (Wildman–Crippen MR) is 105 cm³/mol. The van der Waals surface area contributed by atoms with Crippen LogP contribution < -0.4 is 9.62 Å². The lowest BCUT2D eigenvalue weighted by atomic mass is 10.1. The third kappa shape index (κ3) is 4.99. The van der Waals surface area contributed by atoms with Gasteiger partial charge in [0.15, 0.2) is 0 Å². The minimum atomic E-state index is -3.58. The van der Waals surface area contributed by atoms with Crippen LogP contribution >= 0.6 is 11.8 Å². The van der Waals surface area contributed by atoms with E-state index in [1.807, 2.05) is 44.4 Å². The average Bonchev–Trinajstić information content (AvgIpc) is 2.55. The molecule has 0 saturated heterocycles. The maximum absolute atomic E-state index is 12.4. The lowest BCUT2D eigenvalue weighted by Crippen LogP contribution is -2.37. The van der Waals surface area contributed by atoms with Crippen LogP contribution in [0.15, 0.2) is 47.4 Å². The van der Waals surface area contributed by atoms with E-state index < -0.39 is 10.0 Å². The van der Waals surface area contributed by atoms with Crippen LogP contribution in [0.3, 0.4) is 0 Å². The monoisotopic (exact) mass is 378 g/mol. The molecule has 1 amide bonds. The molecule has 2 rings (SSSR count). The highest BCUT2D eigenvalue weighted by Gasteiger charge is 2.21. The Labute approximate surface area is 153 Å². The number of carbonyl (C=O) groups is 1. The van der Waals surface area contributed by atoms with Crippen LogP contribution in [0, 0.1) is 13.8 Å². The highest BCUT2D eigenvalue weighted by Crippen LogP contribution is 2.25. The minimum absolute atomic E-state index is 0.274. The number of nitrogens with zero attached hydrogens (tertiary/aromatic N) is 1. The Hall–Kier alpha value is -1.99. The first-order valence-electron chi connectivity index (χ1n) is 7.70. The van der Waals surface area contributed by atoms with Crippen LogP contribution in [0.5, 0.6) is 0 Å². The van der Waals surface area contributed by atoms with Crippen molar-refractivity contribution >= 4 is 39.1 Å². The molecule has 0 atom stereocenters. The number of anilines is 2. The number of hydrogen-bond acceptors (Lipinski definition) is 4. The fourth-order valence-electron chi connectivity index (χ4n) is 2.35. The molecule has 0 aliphatic carbocycles. The van der Waals surface area contributed by atoms with Crippen LogP contribution in [0.25, 0.3) is 0 Å². The average molecular weight is 379 g/mol. The van der Waals surface area contributed by atoms with Crippen LogP contribution in [0.4, 0.5) is 11.4 Å². The summed E-state index contributed by atoms with van der Waals surface area (Å²) in [7, 11) is -3.58. The number of carbonyl (C=O) groups excluding carboxylic acids is 1. The maximum atomic E-state index is 12.4. The van der Waals surface area contributed by atoms with Gasteiger partial charge in [0, 0.05) is 4.90 Å². The maximum Gasteiger partial charge on any atom is 0.245 e. The zero-order chi connectivity index (χ0) is 18.6. The van der Waals surface area contributed by atoms with Gasteiger partial charge in [0.2, 0.25) is 15.9 Å². The lowest BCUT2D eigenvalue weighted by molar-refractivity contribution is -0.114. The standard InChI is InChI=1S/C18H22N2O3S2/c1-13-9-10-15(11-14(13)2)20(25(4,22)23)12-18(21)19-16-7-5-6-8-17(16)24-3/h5-11H,12H2,1-4H3,(H,19,21). The number of sulfonamides is 1. The summed E-state index contributed by atoms with van der Waals surface area (Å²) in [5.41, 5.74) is 3.20. The molecule has 0 spiro atoms. The third-order valence-corrected chi connectivity index (χ3v) is 5.78. The topological polar surface area (TPSA) is 66.5 Å². The molecule has 2 aromatic rings. The second-order valence-electron chi connectivity index (χ2n) is 5.79. The first-order chi connectivity index (χ1) is 11.7. The Balaban J connectivity index is 2.25. The molecule has 25 heavy (non-hydrogen) atoms. The number of benzene rings is 2. The number of nitrogens with one attached hydrogen (secondary N) is 1. The summed E-state index contributed by atoms with van der Waals surface area (Å²) >= 11 is 1.52. The Bertz CT molecular complexity index is 880. The van der Waals surface area contributed by atoms with Crippen LogP contribution in [0.2, 0.25) is 0 Å². The van der Waals surface area contributed by atoms with E-state index in [9.17, 15) is 13.2 Å². The number of para-hydroxylation sites is 1. The highest BCUT2D eigenvalue weighted by atomic mass is 32.2. The molecule has 7 heteroatoms. The first-order valence-corrected chi connectivity index (χ1v) is 10.8. The van der Waals surface area contributed by atoms with Gasteiger partial charge >= 0.3 is 0 Å². The molecule has 5 nitrogen and oxygen atoms in total. The van der Waals surface area contributed by atoms with Gasteiger partial charge < -0.3 is 5.32 Å². The van der Waals surface area contributed by atoms with Crippen LogP contribution in [-0.2, 0) is 14.8 Å². The number of thioether (sulfide) groups is 1. The predicted octanol–water partition coefficient (Wildman–Crippen LogP) is 3.43. The van der Waals surface area contributed by atoms with Gasteiger partial charge in [-0.3, -0.25) is 9.10 Å². The third-order valence-electron chi connectivity index (χ3n) is 3.85. The van der Waals surface area contributed by atoms with Crippen molar-refractivity contribution in [2.45, 2.75) is 18.7 Å². The lowest BCUT2D eigenvalue weighted by Gasteiger charge is -2.23. The van der Waals surface area contributed by atoms with Crippen LogP contribution in [-0.4, -0.2) is 33.4 Å². The van der Waals surface area contributed by atoms with Gasteiger partial charge in [-0.2, -0.15) is 0 Å². The Morgan fingerprint density at radius 1 is 1.12 bits per heavy atom. The summed E-state index contributed by atoms with van der Waals surface area (Å²) in [5, 5.41) is 2.79. The SMILES string of the molecule is CSc1ccccc1NC(=O)CN(c1ccc(C)c(C)c1)S(C)(=O)=O. The van der Waals surface area contributed by atoms with Gasteiger partial charge in [-0.1, -0.05) is 18.2 Å². The fraction of sp³-hybridized carbons (Fsp3) is 0.278. The molecule has 0 radical (unpaired) electrons. The first kappa shape index (κ1) is 19.3. The van der Waals surface area contributed by atoms with E-state index in [2.05, 4.69) is 5.32 Å². The second-order valence-corrected chi connectivity index (χ2v) is 8.54. The molecular weight excluding hydrogens is 356 g/mol. The zero-order valence-electron chi connectivity index (χ0n) is 14.7. The minimum Gasteiger partial charge on any atom is -0.323 e. The van der Waals surface area contributed by atoms with Gasteiger partial charge in [-0.25, -0.2) is 8.42 Å². The van der Waals surface area contributed by atoms with Crippen molar-refractivity contribution in [1.29, 1.82) is 0 Å². The van der Waals surface area contributed by atoms with Crippen LogP contribution in [0.1, 0.15) is 11.1 Å². The second kappa shape index (κ2) is 7.93. The number of hydrogen-bond donors (Lipinski definition) is 1. The van der Waals surface area contributed by atoms with Gasteiger partial charge in [-0.15, -0.1) is 11.8 Å². The molecule has 0 aliphatic heterocycles. The van der Waals surface area contributed by atoms with Crippen molar-refractivity contribution in [3.63, 3.8) is 0 Å². The van der Waals surface area contributed by atoms with Gasteiger partial charge in [0.1, 0.15) is 6.54 Å². The Kier molecular flexibility index (Phi) is 6.13. The van der Waals surface area contributed by atoms with E-state index in [-0.39, 0.29) is 12.5 Å². The Morgan fingerprint density at radius 3 is 2.40 bits per heavy atom. The van der Waals surface area contributed by atoms with Crippen molar-refractivity contribution in [3.05, 3.63) is 53.6 Å². The normalized spacial score (nSPS) is 11.2. The molecule has 1 N–H and O–H groups in total. The van der Waals surface area contributed by atoms with Gasteiger partial charge in [-0.05, 0) is 55.5 Å². The number of rotatable bonds is 6. The van der Waals surface area contributed by atoms with Gasteiger partial charge in [0.05, 0.1) is 17.6 Å². The van der Waals surface area contributed by atoms with Gasteiger partial charge in [0.25, 0.3) is 0 Å². The summed E-state index contributed by atoms with van der Waals surface area (Å²) in [6.07, 6.45) is 3.02. The highest BCUT2D eigenvalue weighted by molar-refractivity contribution is 7.98. The quantitative estimate of drug-likeness (QED) is 0.782. The molecule has 0 bridgehead atoms. The molecule has 0 unspecified atom stereocenters. The summed E-state index contributed by atoms with van der Waals surface area (Å²) in [5.74, 6) is -0.384. The smallest absolute Gasteiger partial charge is 0.245 e. The zero-order valence-corrected chi connectivity index (χ0v) is 16.4. The van der Waals surface area contributed by atoms with E-state index in [1.54, 1.807) is 18.2 Å². The fourth-order valence-corrected chi connectivity index (χ4v) is 3.75. The largest absolute Gasteiger partial charge is 0.323 e. The molecule has 2 aromatic carbocycles. The molecule has 0 heterocycles. The molecular formula is C18H22N2O3S2. The van der Waals surface area contributed by atoms with Crippen molar-refractivity contribution in [3.8, 4) is 0 Å². The molecule has 0 saturated carbocycles. The Morgan fingerprint density at radius 2 is 1.80 bits per heavy atom. The molecule has 0 aliphatic rings. The van der Waals surface area contributed by atoms with Crippen molar-refractivity contribution in [2.75, 3.05) is 28.7 Å². The molecule has 0 aromatic heterocycles. The van der Waals surface area contributed by atoms with Crippen molar-refractivity contribution in [1.82, 2.24) is 0 Å². The summed E-state index contributed by atoms with van der Waals surface area (Å²) in [4.78, 5) is 13.4. The summed E-state index contributed by atoms with van der Waals surface area (Å²) in [6.45, 7) is 3.59. The summed E-state index contributed by atoms with van der Waals surface area (Å²) in [6, 6.07) is 12.8. The van der Waals surface area contributed by atoms with Crippen molar-refractivity contribution in [2.24, 2.45) is 0 Å². The van der Waals surface area contributed by atoms with E-state index in [0.29, 0.717) is 11.4 Å². The van der Waals surface area contributed by atoms with E-state index in [0.717, 1.165) is 26.6 Å². The van der Waals surface area contributed by atoms with E-state index in [4.69, 9.17) is 0 Å². The summed E-state index contributed by atoms with van der Waals surface area (Å²) < 4.78 is 25.5. The number of amides is 1. The van der Waals surface area contributed by atoms with E-state index in [1.165, 1.54) is 11.8 Å². The molecule has 0 fully saturated rings.